The zero-order valence-corrected chi connectivity index (χ0v) is 17.3. The highest BCUT2D eigenvalue weighted by Crippen LogP contribution is 2.32. The quantitative estimate of drug-likeness (QED) is 0.729. The molecule has 0 spiro atoms. The number of methoxy groups -OCH3 is 2. The smallest absolute Gasteiger partial charge is 0.244 e. The van der Waals surface area contributed by atoms with Gasteiger partial charge >= 0.3 is 0 Å². The number of nitrogens with one attached hydrogen (secondary N) is 1. The van der Waals surface area contributed by atoms with Gasteiger partial charge < -0.3 is 14.2 Å². The summed E-state index contributed by atoms with van der Waals surface area (Å²) in [7, 11) is -0.678. The van der Waals surface area contributed by atoms with E-state index in [1.807, 2.05) is 18.2 Å². The van der Waals surface area contributed by atoms with Crippen LogP contribution in [-0.2, 0) is 22.9 Å². The second-order valence-electron chi connectivity index (χ2n) is 6.96. The summed E-state index contributed by atoms with van der Waals surface area (Å²) in [4.78, 5) is 0.180. The second kappa shape index (κ2) is 8.84. The Morgan fingerprint density at radius 3 is 2.21 bits per heavy atom. The minimum Gasteiger partial charge on any atom is -0.495 e. The summed E-state index contributed by atoms with van der Waals surface area (Å²) < 4.78 is 45.0. The molecule has 1 N–H and O–H groups in total. The Labute approximate surface area is 166 Å². The standard InChI is InChI=1S/C21H27NO5S/c1-15(14-27-19-11-7-6-10-18(19)25-2)22-28(23,24)21-13-17-9-5-4-8-16(17)12-20(21)26-3/h6-7,10-13,15,22H,4-5,8-9,14H2,1-3H3/t15-/m1/s1. The summed E-state index contributed by atoms with van der Waals surface area (Å²) in [5, 5.41) is 0. The molecular formula is C21H27NO5S. The monoisotopic (exact) mass is 405 g/mol. The fourth-order valence-electron chi connectivity index (χ4n) is 3.43. The van der Waals surface area contributed by atoms with Crippen LogP contribution in [0.25, 0.3) is 0 Å². The number of hydrogen-bond donors (Lipinski definition) is 1. The molecule has 0 aromatic heterocycles. The van der Waals surface area contributed by atoms with Gasteiger partial charge in [0.2, 0.25) is 10.0 Å². The number of fused-ring (bicyclic) bond motifs is 1. The van der Waals surface area contributed by atoms with Crippen molar-refractivity contribution in [2.75, 3.05) is 20.8 Å². The van der Waals surface area contributed by atoms with Gasteiger partial charge in [0, 0.05) is 0 Å². The van der Waals surface area contributed by atoms with E-state index in [1.54, 1.807) is 32.2 Å². The summed E-state index contributed by atoms with van der Waals surface area (Å²) in [6.07, 6.45) is 4.06. The maximum atomic E-state index is 13.0. The molecule has 0 bridgehead atoms. The van der Waals surface area contributed by atoms with Crippen LogP contribution in [0.4, 0.5) is 0 Å². The highest BCUT2D eigenvalue weighted by atomic mass is 32.2. The number of benzene rings is 2. The van der Waals surface area contributed by atoms with Gasteiger partial charge in [0.1, 0.15) is 17.3 Å². The summed E-state index contributed by atoms with van der Waals surface area (Å²) in [6.45, 7) is 1.94. The lowest BCUT2D eigenvalue weighted by atomic mass is 9.92. The molecule has 152 valence electrons. The van der Waals surface area contributed by atoms with Gasteiger partial charge in [-0.3, -0.25) is 0 Å². The van der Waals surface area contributed by atoms with E-state index in [4.69, 9.17) is 14.2 Å². The molecule has 0 saturated heterocycles. The molecule has 7 heteroatoms. The summed E-state index contributed by atoms with van der Waals surface area (Å²) in [6, 6.07) is 10.4. The Hall–Kier alpha value is -2.25. The van der Waals surface area contributed by atoms with Gasteiger partial charge in [-0.1, -0.05) is 12.1 Å². The van der Waals surface area contributed by atoms with Crippen LogP contribution in [0, 0.1) is 0 Å². The molecule has 2 aromatic carbocycles. The zero-order chi connectivity index (χ0) is 20.1. The molecule has 1 atom stereocenters. The Kier molecular flexibility index (Phi) is 6.46. The van der Waals surface area contributed by atoms with E-state index in [9.17, 15) is 8.42 Å². The van der Waals surface area contributed by atoms with Crippen LogP contribution in [-0.4, -0.2) is 35.3 Å². The van der Waals surface area contributed by atoms with E-state index in [1.165, 1.54) is 12.7 Å². The summed E-state index contributed by atoms with van der Waals surface area (Å²) in [5.41, 5.74) is 2.26. The van der Waals surface area contributed by atoms with Crippen molar-refractivity contribution in [2.45, 2.75) is 43.5 Å². The molecule has 28 heavy (non-hydrogen) atoms. The van der Waals surface area contributed by atoms with E-state index in [2.05, 4.69) is 4.72 Å². The Balaban J connectivity index is 1.74. The fourth-order valence-corrected chi connectivity index (χ4v) is 4.85. The minimum atomic E-state index is -3.74. The van der Waals surface area contributed by atoms with Crippen LogP contribution in [0.15, 0.2) is 41.3 Å². The predicted octanol–water partition coefficient (Wildman–Crippen LogP) is 3.33. The number of ether oxygens (including phenoxy) is 3. The molecule has 0 unspecified atom stereocenters. The van der Waals surface area contributed by atoms with Crippen LogP contribution < -0.4 is 18.9 Å². The van der Waals surface area contributed by atoms with Crippen LogP contribution >= 0.6 is 0 Å². The van der Waals surface area contributed by atoms with Crippen molar-refractivity contribution >= 4 is 10.0 Å². The second-order valence-corrected chi connectivity index (χ2v) is 8.65. The molecule has 3 rings (SSSR count). The van der Waals surface area contributed by atoms with E-state index >= 15 is 0 Å². The average Bonchev–Trinajstić information content (AvgIpc) is 2.71. The SMILES string of the molecule is COc1ccccc1OC[C@@H](C)NS(=O)(=O)c1cc2c(cc1OC)CCCC2. The van der Waals surface area contributed by atoms with Gasteiger partial charge in [0.25, 0.3) is 0 Å². The van der Waals surface area contributed by atoms with Crippen molar-refractivity contribution in [3.63, 3.8) is 0 Å². The maximum Gasteiger partial charge on any atom is 0.244 e. The van der Waals surface area contributed by atoms with Crippen LogP contribution in [0.5, 0.6) is 17.2 Å². The van der Waals surface area contributed by atoms with Gasteiger partial charge in [-0.05, 0) is 68.0 Å². The van der Waals surface area contributed by atoms with Crippen LogP contribution in [0.1, 0.15) is 30.9 Å². The fraction of sp³-hybridized carbons (Fsp3) is 0.429. The largest absolute Gasteiger partial charge is 0.495 e. The van der Waals surface area contributed by atoms with E-state index in [-0.39, 0.29) is 11.5 Å². The van der Waals surface area contributed by atoms with Crippen molar-refractivity contribution in [2.24, 2.45) is 0 Å². The summed E-state index contributed by atoms with van der Waals surface area (Å²) in [5.74, 6) is 1.56. The lowest BCUT2D eigenvalue weighted by Gasteiger charge is -2.21. The first kappa shape index (κ1) is 20.5. The predicted molar refractivity (Wildman–Crippen MR) is 108 cm³/mol. The normalized spacial score (nSPS) is 14.8. The van der Waals surface area contributed by atoms with Crippen molar-refractivity contribution in [1.29, 1.82) is 0 Å². The average molecular weight is 406 g/mol. The van der Waals surface area contributed by atoms with E-state index in [0.29, 0.717) is 17.2 Å². The Morgan fingerprint density at radius 1 is 0.964 bits per heavy atom. The van der Waals surface area contributed by atoms with Crippen molar-refractivity contribution in [3.8, 4) is 17.2 Å². The lowest BCUT2D eigenvalue weighted by Crippen LogP contribution is -2.37. The molecular weight excluding hydrogens is 378 g/mol. The van der Waals surface area contributed by atoms with Crippen LogP contribution in [0.3, 0.4) is 0 Å². The van der Waals surface area contributed by atoms with Gasteiger partial charge in [-0.15, -0.1) is 0 Å². The lowest BCUT2D eigenvalue weighted by molar-refractivity contribution is 0.271. The molecule has 0 radical (unpaired) electrons. The van der Waals surface area contributed by atoms with E-state index < -0.39 is 16.1 Å². The third-order valence-electron chi connectivity index (χ3n) is 4.83. The third kappa shape index (κ3) is 4.59. The summed E-state index contributed by atoms with van der Waals surface area (Å²) >= 11 is 0. The first-order valence-corrected chi connectivity index (χ1v) is 10.9. The first-order chi connectivity index (χ1) is 13.4. The number of para-hydroxylation sites is 2. The van der Waals surface area contributed by atoms with Crippen molar-refractivity contribution in [3.05, 3.63) is 47.5 Å². The van der Waals surface area contributed by atoms with Crippen molar-refractivity contribution < 1.29 is 22.6 Å². The Morgan fingerprint density at radius 2 is 1.57 bits per heavy atom. The van der Waals surface area contributed by atoms with Gasteiger partial charge in [-0.25, -0.2) is 13.1 Å². The minimum absolute atomic E-state index is 0.173. The maximum absolute atomic E-state index is 13.0. The number of hydrogen-bond acceptors (Lipinski definition) is 5. The van der Waals surface area contributed by atoms with Gasteiger partial charge in [0.15, 0.2) is 11.5 Å². The number of rotatable bonds is 8. The highest BCUT2D eigenvalue weighted by Gasteiger charge is 2.25. The molecule has 0 saturated carbocycles. The first-order valence-electron chi connectivity index (χ1n) is 9.42. The third-order valence-corrected chi connectivity index (χ3v) is 6.44. The molecule has 2 aromatic rings. The van der Waals surface area contributed by atoms with Gasteiger partial charge in [-0.2, -0.15) is 0 Å². The number of sulfonamides is 1. The highest BCUT2D eigenvalue weighted by molar-refractivity contribution is 7.89. The number of aryl methyl sites for hydroxylation is 2. The molecule has 0 heterocycles. The topological polar surface area (TPSA) is 73.9 Å². The zero-order valence-electron chi connectivity index (χ0n) is 16.5. The molecule has 0 amide bonds. The molecule has 1 aliphatic rings. The van der Waals surface area contributed by atoms with Gasteiger partial charge in [0.05, 0.1) is 20.3 Å². The van der Waals surface area contributed by atoms with Crippen LogP contribution in [0.2, 0.25) is 0 Å². The molecule has 1 aliphatic carbocycles. The van der Waals surface area contributed by atoms with E-state index in [0.717, 1.165) is 31.2 Å². The molecule has 6 nitrogen and oxygen atoms in total. The Bertz CT molecular complexity index is 926. The molecule has 0 fully saturated rings. The van der Waals surface area contributed by atoms with Crippen molar-refractivity contribution in [1.82, 2.24) is 4.72 Å². The molecule has 0 aliphatic heterocycles.